The zero-order valence-electron chi connectivity index (χ0n) is 18.2. The van der Waals surface area contributed by atoms with Gasteiger partial charge >= 0.3 is 5.97 Å². The highest BCUT2D eigenvalue weighted by molar-refractivity contribution is 6.03. The second-order valence-corrected chi connectivity index (χ2v) is 7.38. The number of ether oxygens (including phenoxy) is 1. The van der Waals surface area contributed by atoms with Crippen LogP contribution in [0.15, 0.2) is 53.3 Å². The van der Waals surface area contributed by atoms with Crippen LogP contribution >= 0.6 is 0 Å². The van der Waals surface area contributed by atoms with E-state index in [0.717, 1.165) is 25.7 Å². The Balaban J connectivity index is 1.76. The summed E-state index contributed by atoms with van der Waals surface area (Å²) >= 11 is 0. The first-order valence-corrected chi connectivity index (χ1v) is 10.6. The summed E-state index contributed by atoms with van der Waals surface area (Å²) in [5, 5.41) is 18.3. The predicted octanol–water partition coefficient (Wildman–Crippen LogP) is 3.68. The van der Waals surface area contributed by atoms with Gasteiger partial charge in [-0.1, -0.05) is 56.5 Å². The van der Waals surface area contributed by atoms with E-state index in [1.165, 1.54) is 28.9 Å². The van der Waals surface area contributed by atoms with Gasteiger partial charge in [-0.15, -0.1) is 0 Å². The number of nitrogens with zero attached hydrogens (tertiary/aromatic N) is 3. The number of carbonyl (C=O) groups is 2. The Labute approximate surface area is 189 Å². The van der Waals surface area contributed by atoms with Crippen LogP contribution in [0.25, 0.3) is 10.8 Å². The first kappa shape index (κ1) is 23.6. The maximum absolute atomic E-state index is 12.8. The van der Waals surface area contributed by atoms with Gasteiger partial charge in [0.1, 0.15) is 5.69 Å². The van der Waals surface area contributed by atoms with Crippen molar-refractivity contribution >= 4 is 34.0 Å². The molecule has 1 aromatic heterocycles. The molecule has 0 bridgehead atoms. The lowest BCUT2D eigenvalue weighted by Crippen LogP contribution is -2.28. The number of unbranched alkanes of at least 4 members (excludes halogenated alkanes) is 3. The summed E-state index contributed by atoms with van der Waals surface area (Å²) in [7, 11) is 0. The van der Waals surface area contributed by atoms with E-state index in [1.807, 2.05) is 0 Å². The summed E-state index contributed by atoms with van der Waals surface area (Å²) in [6.07, 6.45) is 3.76. The van der Waals surface area contributed by atoms with E-state index in [2.05, 4.69) is 17.3 Å². The average molecular weight is 452 g/mol. The van der Waals surface area contributed by atoms with E-state index >= 15 is 0 Å². The number of esters is 1. The third kappa shape index (κ3) is 5.79. The van der Waals surface area contributed by atoms with Crippen molar-refractivity contribution in [3.8, 4) is 0 Å². The minimum absolute atomic E-state index is 0.00671. The molecule has 2 aromatic carbocycles. The van der Waals surface area contributed by atoms with Gasteiger partial charge in [0.2, 0.25) is 0 Å². The van der Waals surface area contributed by atoms with Crippen LogP contribution in [-0.2, 0) is 16.1 Å². The number of hydrogen-bond acceptors (Lipinski definition) is 7. The second kappa shape index (κ2) is 11.0. The Morgan fingerprint density at radius 3 is 2.48 bits per heavy atom. The fourth-order valence-corrected chi connectivity index (χ4v) is 3.35. The molecule has 0 spiro atoms. The molecule has 0 aliphatic heterocycles. The van der Waals surface area contributed by atoms with E-state index < -0.39 is 23.4 Å². The maximum Gasteiger partial charge on any atom is 0.359 e. The van der Waals surface area contributed by atoms with Gasteiger partial charge in [-0.2, -0.15) is 5.10 Å². The predicted molar refractivity (Wildman–Crippen MR) is 122 cm³/mol. The highest BCUT2D eigenvalue weighted by atomic mass is 16.6. The summed E-state index contributed by atoms with van der Waals surface area (Å²) in [6.45, 7) is 1.78. The summed E-state index contributed by atoms with van der Waals surface area (Å²) < 4.78 is 6.36. The third-order valence-corrected chi connectivity index (χ3v) is 4.99. The molecule has 0 saturated heterocycles. The molecule has 33 heavy (non-hydrogen) atoms. The second-order valence-electron chi connectivity index (χ2n) is 7.38. The smallest absolute Gasteiger partial charge is 0.359 e. The SMILES string of the molecule is CCCCCCn1nc(C(=O)OCC(=O)Nc2ccccc2[N+](=O)[O-])c2ccccc2c1=O. The van der Waals surface area contributed by atoms with Gasteiger partial charge in [-0.3, -0.25) is 19.7 Å². The first-order valence-electron chi connectivity index (χ1n) is 10.6. The van der Waals surface area contributed by atoms with Crippen LogP contribution in [0, 0.1) is 10.1 Å². The number of para-hydroxylation sites is 2. The number of nitro groups is 1. The normalized spacial score (nSPS) is 10.7. The number of hydrogen-bond donors (Lipinski definition) is 1. The molecule has 10 heteroatoms. The molecule has 3 aromatic rings. The molecule has 172 valence electrons. The van der Waals surface area contributed by atoms with Gasteiger partial charge in [-0.05, 0) is 18.6 Å². The number of nitrogens with one attached hydrogen (secondary N) is 1. The van der Waals surface area contributed by atoms with Crippen LogP contribution in [0.4, 0.5) is 11.4 Å². The third-order valence-electron chi connectivity index (χ3n) is 4.99. The molecule has 1 N–H and O–H groups in total. The molecule has 0 fully saturated rings. The van der Waals surface area contributed by atoms with Crippen LogP contribution in [0.5, 0.6) is 0 Å². The van der Waals surface area contributed by atoms with Gasteiger partial charge in [0.15, 0.2) is 12.3 Å². The van der Waals surface area contributed by atoms with Crippen LogP contribution in [-0.4, -0.2) is 33.2 Å². The molecule has 10 nitrogen and oxygen atoms in total. The summed E-state index contributed by atoms with van der Waals surface area (Å²) in [4.78, 5) is 48.2. The number of nitro benzene ring substituents is 1. The number of carbonyl (C=O) groups excluding carboxylic acids is 2. The van der Waals surface area contributed by atoms with Crippen molar-refractivity contribution in [2.45, 2.75) is 39.2 Å². The first-order chi connectivity index (χ1) is 15.9. The summed E-state index contributed by atoms with van der Waals surface area (Å²) in [5.41, 5.74) is -0.653. The zero-order chi connectivity index (χ0) is 23.8. The number of rotatable bonds is 10. The number of aryl methyl sites for hydroxylation is 1. The molecular weight excluding hydrogens is 428 g/mol. The number of aromatic nitrogens is 2. The summed E-state index contributed by atoms with van der Waals surface area (Å²) in [5.74, 6) is -1.61. The van der Waals surface area contributed by atoms with E-state index in [-0.39, 0.29) is 22.6 Å². The molecule has 3 rings (SSSR count). The lowest BCUT2D eigenvalue weighted by atomic mass is 10.1. The summed E-state index contributed by atoms with van der Waals surface area (Å²) in [6, 6.07) is 12.2. The van der Waals surface area contributed by atoms with E-state index in [1.54, 1.807) is 24.3 Å². The van der Waals surface area contributed by atoms with Gasteiger partial charge in [0.05, 0.1) is 10.3 Å². The Kier molecular flexibility index (Phi) is 7.85. The molecule has 0 aliphatic carbocycles. The lowest BCUT2D eigenvalue weighted by Gasteiger charge is -2.11. The minimum atomic E-state index is -0.869. The average Bonchev–Trinajstić information content (AvgIpc) is 2.82. The highest BCUT2D eigenvalue weighted by Gasteiger charge is 2.20. The van der Waals surface area contributed by atoms with Crippen molar-refractivity contribution in [1.82, 2.24) is 9.78 Å². The molecule has 0 atom stereocenters. The molecule has 0 radical (unpaired) electrons. The molecule has 0 unspecified atom stereocenters. The Morgan fingerprint density at radius 1 is 1.06 bits per heavy atom. The van der Waals surface area contributed by atoms with Crippen LogP contribution in [0.3, 0.4) is 0 Å². The standard InChI is InChI=1S/C23H24N4O6/c1-2-3-4-9-14-26-22(29)17-11-6-5-10-16(17)21(25-26)23(30)33-15-20(28)24-18-12-7-8-13-19(18)27(31)32/h5-8,10-13H,2-4,9,14-15H2,1H3,(H,24,28). The van der Waals surface area contributed by atoms with Crippen molar-refractivity contribution in [2.75, 3.05) is 11.9 Å². The minimum Gasteiger partial charge on any atom is -0.451 e. The van der Waals surface area contributed by atoms with Crippen molar-refractivity contribution in [2.24, 2.45) is 0 Å². The van der Waals surface area contributed by atoms with Crippen molar-refractivity contribution in [3.63, 3.8) is 0 Å². The van der Waals surface area contributed by atoms with Gasteiger partial charge in [-0.25, -0.2) is 9.48 Å². The van der Waals surface area contributed by atoms with Gasteiger partial charge in [0.25, 0.3) is 17.2 Å². The molecule has 1 amide bonds. The van der Waals surface area contributed by atoms with Crippen LogP contribution in [0.2, 0.25) is 0 Å². The lowest BCUT2D eigenvalue weighted by molar-refractivity contribution is -0.383. The number of benzene rings is 2. The quantitative estimate of drug-likeness (QED) is 0.215. The van der Waals surface area contributed by atoms with E-state index in [4.69, 9.17) is 4.74 Å². The Hall–Kier alpha value is -4.08. The maximum atomic E-state index is 12.8. The number of fused-ring (bicyclic) bond motifs is 1. The Bertz CT molecular complexity index is 1240. The van der Waals surface area contributed by atoms with Gasteiger partial charge < -0.3 is 10.1 Å². The number of amides is 1. The van der Waals surface area contributed by atoms with Crippen LogP contribution < -0.4 is 10.9 Å². The fourth-order valence-electron chi connectivity index (χ4n) is 3.35. The van der Waals surface area contributed by atoms with Gasteiger partial charge in [0, 0.05) is 18.0 Å². The Morgan fingerprint density at radius 2 is 1.76 bits per heavy atom. The fraction of sp³-hybridized carbons (Fsp3) is 0.304. The van der Waals surface area contributed by atoms with Crippen LogP contribution in [0.1, 0.15) is 43.1 Å². The van der Waals surface area contributed by atoms with E-state index in [0.29, 0.717) is 17.3 Å². The van der Waals surface area contributed by atoms with Crippen molar-refractivity contribution < 1.29 is 19.2 Å². The largest absolute Gasteiger partial charge is 0.451 e. The number of anilines is 1. The van der Waals surface area contributed by atoms with Crippen molar-refractivity contribution in [1.29, 1.82) is 0 Å². The van der Waals surface area contributed by atoms with E-state index in [9.17, 15) is 24.5 Å². The molecule has 1 heterocycles. The topological polar surface area (TPSA) is 133 Å². The molecule has 0 saturated carbocycles. The highest BCUT2D eigenvalue weighted by Crippen LogP contribution is 2.23. The molecule has 0 aliphatic rings. The zero-order valence-corrected chi connectivity index (χ0v) is 18.2. The van der Waals surface area contributed by atoms with Crippen molar-refractivity contribution in [3.05, 3.63) is 74.7 Å². The molecular formula is C23H24N4O6. The monoisotopic (exact) mass is 452 g/mol.